The first-order valence-electron chi connectivity index (χ1n) is 8.11. The molecule has 1 aromatic carbocycles. The van der Waals surface area contributed by atoms with Gasteiger partial charge < -0.3 is 16.4 Å². The number of benzene rings is 1. The third-order valence-electron chi connectivity index (χ3n) is 3.94. The van der Waals surface area contributed by atoms with E-state index in [1.54, 1.807) is 12.4 Å². The monoisotopic (exact) mass is 343 g/mol. The number of rotatable bonds is 4. The Balaban J connectivity index is 1.66. The first-order chi connectivity index (χ1) is 12.7. The summed E-state index contributed by atoms with van der Waals surface area (Å²) in [5, 5.41) is 7.39. The molecule has 0 fully saturated rings. The minimum Gasteiger partial charge on any atom is -0.393 e. The maximum absolute atomic E-state index is 6.26. The molecule has 0 aliphatic rings. The molecule has 0 spiro atoms. The number of pyridine rings is 2. The third-order valence-corrected chi connectivity index (χ3v) is 3.94. The van der Waals surface area contributed by atoms with Crippen LogP contribution in [0, 0.1) is 6.92 Å². The van der Waals surface area contributed by atoms with Gasteiger partial charge in [0, 0.05) is 23.5 Å². The Bertz CT molecular complexity index is 1060. The van der Waals surface area contributed by atoms with Crippen molar-refractivity contribution in [1.82, 2.24) is 19.9 Å². The van der Waals surface area contributed by atoms with Crippen LogP contribution in [0.15, 0.2) is 61.2 Å². The van der Waals surface area contributed by atoms with E-state index in [0.717, 1.165) is 22.2 Å². The van der Waals surface area contributed by atoms with Gasteiger partial charge in [-0.3, -0.25) is 4.98 Å². The van der Waals surface area contributed by atoms with Crippen molar-refractivity contribution in [3.8, 4) is 0 Å². The lowest BCUT2D eigenvalue weighted by atomic mass is 10.2. The summed E-state index contributed by atoms with van der Waals surface area (Å²) >= 11 is 0. The van der Waals surface area contributed by atoms with Crippen LogP contribution in [0.2, 0.25) is 0 Å². The predicted octanol–water partition coefficient (Wildman–Crippen LogP) is 3.80. The zero-order valence-electron chi connectivity index (χ0n) is 14.1. The van der Waals surface area contributed by atoms with Crippen LogP contribution >= 0.6 is 0 Å². The summed E-state index contributed by atoms with van der Waals surface area (Å²) in [4.78, 5) is 17.2. The molecule has 0 amide bonds. The van der Waals surface area contributed by atoms with Crippen LogP contribution in [0.4, 0.5) is 28.8 Å². The van der Waals surface area contributed by atoms with Crippen molar-refractivity contribution in [2.45, 2.75) is 6.92 Å². The second-order valence-corrected chi connectivity index (χ2v) is 5.83. The van der Waals surface area contributed by atoms with E-state index >= 15 is 0 Å². The smallest absolute Gasteiger partial charge is 0.160 e. The molecular weight excluding hydrogens is 326 g/mol. The van der Waals surface area contributed by atoms with E-state index in [0.29, 0.717) is 23.1 Å². The molecule has 0 saturated heterocycles. The summed E-state index contributed by atoms with van der Waals surface area (Å²) in [6.45, 7) is 1.98. The molecule has 0 saturated carbocycles. The number of nitrogens with zero attached hydrogens (tertiary/aromatic N) is 4. The average Bonchev–Trinajstić information content (AvgIpc) is 2.67. The van der Waals surface area contributed by atoms with Crippen molar-refractivity contribution in [2.75, 3.05) is 16.4 Å². The van der Waals surface area contributed by atoms with Gasteiger partial charge in [0.25, 0.3) is 0 Å². The molecule has 4 N–H and O–H groups in total. The lowest BCUT2D eigenvalue weighted by Gasteiger charge is -2.13. The van der Waals surface area contributed by atoms with E-state index in [1.165, 1.54) is 6.33 Å². The molecule has 0 atom stereocenters. The number of aromatic nitrogens is 4. The molecule has 0 bridgehead atoms. The van der Waals surface area contributed by atoms with Crippen molar-refractivity contribution in [1.29, 1.82) is 0 Å². The number of aryl methyl sites for hydroxylation is 1. The van der Waals surface area contributed by atoms with Crippen molar-refractivity contribution in [2.24, 2.45) is 0 Å². The van der Waals surface area contributed by atoms with Crippen molar-refractivity contribution >= 4 is 39.7 Å². The van der Waals surface area contributed by atoms with Gasteiger partial charge in [-0.25, -0.2) is 15.0 Å². The van der Waals surface area contributed by atoms with Crippen LogP contribution in [0.25, 0.3) is 10.9 Å². The SMILES string of the molecule is Cc1ccc(Nc2ncnc(Nc3cccc4ncccc34)c2N)nc1. The van der Waals surface area contributed by atoms with Gasteiger partial charge in [-0.1, -0.05) is 12.1 Å². The Hall–Kier alpha value is -3.74. The highest BCUT2D eigenvalue weighted by Gasteiger charge is 2.10. The summed E-state index contributed by atoms with van der Waals surface area (Å²) in [6, 6.07) is 13.6. The topological polar surface area (TPSA) is 102 Å². The van der Waals surface area contributed by atoms with Gasteiger partial charge in [-0.05, 0) is 42.8 Å². The van der Waals surface area contributed by atoms with Crippen LogP contribution < -0.4 is 16.4 Å². The van der Waals surface area contributed by atoms with Gasteiger partial charge in [-0.15, -0.1) is 0 Å². The minimum atomic E-state index is 0.413. The van der Waals surface area contributed by atoms with E-state index in [-0.39, 0.29) is 0 Å². The Morgan fingerprint density at radius 2 is 1.69 bits per heavy atom. The Labute approximate surface area is 150 Å². The van der Waals surface area contributed by atoms with E-state index < -0.39 is 0 Å². The molecule has 26 heavy (non-hydrogen) atoms. The highest BCUT2D eigenvalue weighted by atomic mass is 15.1. The maximum atomic E-state index is 6.26. The molecule has 0 aliphatic heterocycles. The van der Waals surface area contributed by atoms with E-state index in [9.17, 15) is 0 Å². The average molecular weight is 343 g/mol. The highest BCUT2D eigenvalue weighted by molar-refractivity contribution is 5.94. The molecule has 7 heteroatoms. The predicted molar refractivity (Wildman–Crippen MR) is 104 cm³/mol. The van der Waals surface area contributed by atoms with Gasteiger partial charge in [0.2, 0.25) is 0 Å². The Kier molecular flexibility index (Phi) is 4.03. The second-order valence-electron chi connectivity index (χ2n) is 5.83. The standard InChI is InChI=1S/C19H17N7/c1-12-7-8-16(22-10-12)26-19-17(20)18(23-11-24-19)25-15-6-2-5-14-13(15)4-3-9-21-14/h2-11H,20H2,1H3,(H2,22,23,24,25,26). The summed E-state index contributed by atoms with van der Waals surface area (Å²) in [5.41, 5.74) is 9.52. The van der Waals surface area contributed by atoms with Crippen LogP contribution in [0.3, 0.4) is 0 Å². The molecule has 7 nitrogen and oxygen atoms in total. The molecule has 4 aromatic rings. The summed E-state index contributed by atoms with van der Waals surface area (Å²) in [5.74, 6) is 1.68. The first kappa shape index (κ1) is 15.8. The van der Waals surface area contributed by atoms with Gasteiger partial charge >= 0.3 is 0 Å². The summed E-state index contributed by atoms with van der Waals surface area (Å²) in [7, 11) is 0. The number of hydrogen-bond acceptors (Lipinski definition) is 7. The normalized spacial score (nSPS) is 10.7. The van der Waals surface area contributed by atoms with Crippen molar-refractivity contribution in [3.63, 3.8) is 0 Å². The summed E-state index contributed by atoms with van der Waals surface area (Å²) in [6.07, 6.45) is 5.00. The Morgan fingerprint density at radius 3 is 2.50 bits per heavy atom. The molecule has 128 valence electrons. The molecule has 0 radical (unpaired) electrons. The molecule has 0 unspecified atom stereocenters. The molecule has 3 heterocycles. The third kappa shape index (κ3) is 3.10. The Morgan fingerprint density at radius 1 is 0.846 bits per heavy atom. The lowest BCUT2D eigenvalue weighted by Crippen LogP contribution is -2.06. The number of fused-ring (bicyclic) bond motifs is 1. The van der Waals surface area contributed by atoms with Gasteiger partial charge in [-0.2, -0.15) is 0 Å². The number of hydrogen-bond donors (Lipinski definition) is 3. The molecule has 4 rings (SSSR count). The van der Waals surface area contributed by atoms with E-state index in [1.807, 2.05) is 49.4 Å². The maximum Gasteiger partial charge on any atom is 0.160 e. The van der Waals surface area contributed by atoms with Gasteiger partial charge in [0.15, 0.2) is 11.6 Å². The van der Waals surface area contributed by atoms with Crippen LogP contribution in [-0.2, 0) is 0 Å². The van der Waals surface area contributed by atoms with Gasteiger partial charge in [0.1, 0.15) is 17.8 Å². The highest BCUT2D eigenvalue weighted by Crippen LogP contribution is 2.30. The van der Waals surface area contributed by atoms with Crippen LogP contribution in [-0.4, -0.2) is 19.9 Å². The quantitative estimate of drug-likeness (QED) is 0.518. The van der Waals surface area contributed by atoms with Gasteiger partial charge in [0.05, 0.1) is 5.52 Å². The van der Waals surface area contributed by atoms with Crippen LogP contribution in [0.5, 0.6) is 0 Å². The largest absolute Gasteiger partial charge is 0.393 e. The lowest BCUT2D eigenvalue weighted by molar-refractivity contribution is 1.16. The fraction of sp³-hybridized carbons (Fsp3) is 0.0526. The molecular formula is C19H17N7. The fourth-order valence-electron chi connectivity index (χ4n) is 2.60. The summed E-state index contributed by atoms with van der Waals surface area (Å²) < 4.78 is 0. The fourth-order valence-corrected chi connectivity index (χ4v) is 2.60. The number of nitrogen functional groups attached to an aromatic ring is 1. The zero-order valence-corrected chi connectivity index (χ0v) is 14.1. The minimum absolute atomic E-state index is 0.413. The van der Waals surface area contributed by atoms with Crippen LogP contribution in [0.1, 0.15) is 5.56 Å². The molecule has 0 aliphatic carbocycles. The van der Waals surface area contributed by atoms with Crippen molar-refractivity contribution < 1.29 is 0 Å². The van der Waals surface area contributed by atoms with E-state index in [2.05, 4.69) is 30.6 Å². The number of nitrogens with two attached hydrogens (primary N) is 1. The number of nitrogens with one attached hydrogen (secondary N) is 2. The zero-order chi connectivity index (χ0) is 17.9. The number of anilines is 5. The van der Waals surface area contributed by atoms with Crippen molar-refractivity contribution in [3.05, 3.63) is 66.7 Å². The molecule has 3 aromatic heterocycles. The second kappa shape index (κ2) is 6.64. The van der Waals surface area contributed by atoms with E-state index in [4.69, 9.17) is 5.73 Å². The first-order valence-corrected chi connectivity index (χ1v) is 8.11.